The summed E-state index contributed by atoms with van der Waals surface area (Å²) in [4.78, 5) is 51.1. The molecule has 1 aromatic rings. The number of likely N-dealkylation sites (tertiary alicyclic amines) is 2. The number of hydrogen-bond acceptors (Lipinski definition) is 9. The number of aliphatic imine (C=N–C) groups is 1. The van der Waals surface area contributed by atoms with Crippen molar-refractivity contribution < 1.29 is 14.4 Å². The first-order valence-electron chi connectivity index (χ1n) is 13.4. The Morgan fingerprint density at radius 1 is 1.26 bits per heavy atom. The average Bonchev–Trinajstić information content (AvgIpc) is 3.62. The van der Waals surface area contributed by atoms with Crippen molar-refractivity contribution in [1.29, 1.82) is 0 Å². The monoisotopic (exact) mass is 569 g/mol. The van der Waals surface area contributed by atoms with Crippen molar-refractivity contribution >= 4 is 52.6 Å². The summed E-state index contributed by atoms with van der Waals surface area (Å²) in [6.07, 6.45) is 5.01. The SMILES string of the molecule is CC(=O)NC1CCN(C2=NC3C(=CN2)C(=O)C(C(=O)NCCC2CCCN2C)=C2Sc4ccc(Cl)cc4N23)C1. The van der Waals surface area contributed by atoms with E-state index in [1.165, 1.54) is 25.1 Å². The largest absolute Gasteiger partial charge is 0.352 e. The molecule has 3 unspecified atom stereocenters. The Bertz CT molecular complexity index is 1330. The van der Waals surface area contributed by atoms with Gasteiger partial charge in [-0.1, -0.05) is 23.4 Å². The lowest BCUT2D eigenvalue weighted by Gasteiger charge is -2.37. The zero-order valence-electron chi connectivity index (χ0n) is 22.0. The lowest BCUT2D eigenvalue weighted by Crippen LogP contribution is -2.50. The van der Waals surface area contributed by atoms with Crippen molar-refractivity contribution in [3.05, 3.63) is 45.6 Å². The van der Waals surface area contributed by atoms with Gasteiger partial charge in [0, 0.05) is 54.8 Å². The summed E-state index contributed by atoms with van der Waals surface area (Å²) in [5.74, 6) is -0.100. The molecule has 6 rings (SSSR count). The Morgan fingerprint density at radius 2 is 2.10 bits per heavy atom. The summed E-state index contributed by atoms with van der Waals surface area (Å²) in [6, 6.07) is 6.08. The van der Waals surface area contributed by atoms with Crippen LogP contribution in [0, 0.1) is 0 Å². The van der Waals surface area contributed by atoms with Crippen molar-refractivity contribution in [3.8, 4) is 0 Å². The number of rotatable bonds is 5. The fourth-order valence-corrected chi connectivity index (χ4v) is 7.38. The number of nitrogens with one attached hydrogen (secondary N) is 3. The van der Waals surface area contributed by atoms with Gasteiger partial charge in [-0.15, -0.1) is 0 Å². The molecule has 2 fully saturated rings. The molecule has 5 heterocycles. The molecule has 2 amide bonds. The van der Waals surface area contributed by atoms with E-state index in [2.05, 4.69) is 32.8 Å². The van der Waals surface area contributed by atoms with Gasteiger partial charge in [-0.2, -0.15) is 0 Å². The van der Waals surface area contributed by atoms with Crippen LogP contribution in [0.1, 0.15) is 32.6 Å². The number of ketones is 1. The zero-order chi connectivity index (χ0) is 27.3. The third kappa shape index (κ3) is 4.92. The van der Waals surface area contributed by atoms with Crippen LogP contribution in [0.2, 0.25) is 5.02 Å². The average molecular weight is 570 g/mol. The number of Topliss-reactive ketones (excluding diaryl/α,β-unsaturated/α-hetero) is 1. The van der Waals surface area contributed by atoms with Crippen molar-refractivity contribution in [2.24, 2.45) is 4.99 Å². The maximum Gasteiger partial charge on any atom is 0.257 e. The van der Waals surface area contributed by atoms with Gasteiger partial charge in [0.25, 0.3) is 5.91 Å². The molecule has 3 N–H and O–H groups in total. The lowest BCUT2D eigenvalue weighted by molar-refractivity contribution is -0.122. The van der Waals surface area contributed by atoms with Gasteiger partial charge in [0.05, 0.1) is 16.3 Å². The smallest absolute Gasteiger partial charge is 0.257 e. The molecule has 2 saturated heterocycles. The van der Waals surface area contributed by atoms with Crippen molar-refractivity contribution in [2.75, 3.05) is 38.1 Å². The maximum absolute atomic E-state index is 13.8. The minimum Gasteiger partial charge on any atom is -0.352 e. The molecule has 12 heteroatoms. The summed E-state index contributed by atoms with van der Waals surface area (Å²) in [7, 11) is 2.11. The van der Waals surface area contributed by atoms with E-state index in [4.69, 9.17) is 16.6 Å². The van der Waals surface area contributed by atoms with Gasteiger partial charge in [-0.3, -0.25) is 14.4 Å². The van der Waals surface area contributed by atoms with E-state index in [1.807, 2.05) is 23.1 Å². The Balaban J connectivity index is 1.29. The van der Waals surface area contributed by atoms with Crippen LogP contribution in [0.5, 0.6) is 0 Å². The van der Waals surface area contributed by atoms with Crippen molar-refractivity contribution in [1.82, 2.24) is 25.8 Å². The Kier molecular flexibility index (Phi) is 7.07. The molecular weight excluding hydrogens is 538 g/mol. The molecule has 0 saturated carbocycles. The number of halogens is 1. The second-order valence-electron chi connectivity index (χ2n) is 10.6. The first-order chi connectivity index (χ1) is 18.8. The number of anilines is 1. The number of thioether (sulfide) groups is 1. The van der Waals surface area contributed by atoms with E-state index in [0.29, 0.717) is 40.7 Å². The van der Waals surface area contributed by atoms with Gasteiger partial charge >= 0.3 is 0 Å². The van der Waals surface area contributed by atoms with E-state index in [9.17, 15) is 14.4 Å². The van der Waals surface area contributed by atoms with Crippen LogP contribution < -0.4 is 20.9 Å². The van der Waals surface area contributed by atoms with Gasteiger partial charge in [-0.25, -0.2) is 4.99 Å². The molecule has 5 aliphatic heterocycles. The predicted molar refractivity (Wildman–Crippen MR) is 151 cm³/mol. The first kappa shape index (κ1) is 26.2. The molecule has 0 aromatic heterocycles. The third-order valence-electron chi connectivity index (χ3n) is 7.99. The van der Waals surface area contributed by atoms with Crippen LogP contribution in [0.3, 0.4) is 0 Å². The number of nitrogens with zero attached hydrogens (tertiary/aromatic N) is 4. The summed E-state index contributed by atoms with van der Waals surface area (Å²) in [5, 5.41) is 10.3. The molecule has 39 heavy (non-hydrogen) atoms. The summed E-state index contributed by atoms with van der Waals surface area (Å²) in [6.45, 7) is 4.46. The fraction of sp³-hybridized carbons (Fsp3) is 0.481. The van der Waals surface area contributed by atoms with Gasteiger partial charge in [-0.05, 0) is 57.5 Å². The van der Waals surface area contributed by atoms with Gasteiger partial charge in [0.1, 0.15) is 5.57 Å². The summed E-state index contributed by atoms with van der Waals surface area (Å²) in [5.41, 5.74) is 1.38. The van der Waals surface area contributed by atoms with Crippen LogP contribution >= 0.6 is 23.4 Å². The molecule has 0 aliphatic carbocycles. The standard InChI is InChI=1S/C27H32ClN7O3S/c1-15(36)31-17-8-11-34(14-17)27-30-13-19-23(37)22(25(38)29-9-7-18-4-3-10-33(18)2)26-35(24(19)32-27)20-12-16(28)5-6-21(20)39-26/h5-6,12-13,17-18,24H,3-4,7-11,14H2,1-2H3,(H,29,38)(H,30,32)(H,31,36). The molecule has 3 atom stereocenters. The van der Waals surface area contributed by atoms with Gasteiger partial charge in [0.15, 0.2) is 6.17 Å². The molecule has 1 aromatic carbocycles. The highest BCUT2D eigenvalue weighted by atomic mass is 35.5. The van der Waals surface area contributed by atoms with E-state index in [0.717, 1.165) is 42.9 Å². The first-order valence-corrected chi connectivity index (χ1v) is 14.6. The second-order valence-corrected chi connectivity index (χ2v) is 12.1. The molecular formula is C27H32ClN7O3S. The van der Waals surface area contributed by atoms with E-state index < -0.39 is 6.17 Å². The topological polar surface area (TPSA) is 109 Å². The van der Waals surface area contributed by atoms with Gasteiger partial charge in [0.2, 0.25) is 17.6 Å². The minimum atomic E-state index is -0.625. The number of benzene rings is 1. The third-order valence-corrected chi connectivity index (χ3v) is 9.38. The van der Waals surface area contributed by atoms with Crippen LogP contribution in [0.4, 0.5) is 5.69 Å². The molecule has 206 valence electrons. The number of carbonyl (C=O) groups excluding carboxylic acids is 3. The molecule has 0 bridgehead atoms. The van der Waals surface area contributed by atoms with Crippen molar-refractivity contribution in [3.63, 3.8) is 0 Å². The molecule has 0 spiro atoms. The summed E-state index contributed by atoms with van der Waals surface area (Å²) < 4.78 is 0. The Labute approximate surface area is 236 Å². The van der Waals surface area contributed by atoms with Crippen LogP contribution in [-0.2, 0) is 14.4 Å². The van der Waals surface area contributed by atoms with Crippen LogP contribution in [0.15, 0.2) is 50.5 Å². The second kappa shape index (κ2) is 10.5. The summed E-state index contributed by atoms with van der Waals surface area (Å²) >= 11 is 7.79. The Morgan fingerprint density at radius 3 is 2.87 bits per heavy atom. The van der Waals surface area contributed by atoms with Gasteiger partial charge < -0.3 is 30.7 Å². The molecule has 0 radical (unpaired) electrons. The predicted octanol–water partition coefficient (Wildman–Crippen LogP) is 2.03. The number of carbonyl (C=O) groups is 3. The minimum absolute atomic E-state index is 0.0435. The zero-order valence-corrected chi connectivity index (χ0v) is 23.6. The highest BCUT2D eigenvalue weighted by Crippen LogP contribution is 2.52. The number of guanidine groups is 1. The van der Waals surface area contributed by atoms with E-state index in [-0.39, 0.29) is 29.2 Å². The maximum atomic E-state index is 13.8. The van der Waals surface area contributed by atoms with Crippen molar-refractivity contribution in [2.45, 2.75) is 55.8 Å². The number of amides is 2. The number of hydrogen-bond donors (Lipinski definition) is 3. The number of fused-ring (bicyclic) bond motifs is 5. The Hall–Kier alpha value is -3.02. The fourth-order valence-electron chi connectivity index (χ4n) is 6.02. The van der Waals surface area contributed by atoms with Crippen LogP contribution in [0.25, 0.3) is 0 Å². The van der Waals surface area contributed by atoms with Crippen LogP contribution in [-0.4, -0.2) is 84.8 Å². The molecule has 5 aliphatic rings. The normalized spacial score (nSPS) is 26.0. The highest BCUT2D eigenvalue weighted by molar-refractivity contribution is 8.03. The quantitative estimate of drug-likeness (QED) is 0.462. The molecule has 10 nitrogen and oxygen atoms in total. The van der Waals surface area contributed by atoms with E-state index >= 15 is 0 Å². The lowest BCUT2D eigenvalue weighted by atomic mass is 9.95. The van der Waals surface area contributed by atoms with E-state index in [1.54, 1.807) is 6.20 Å². The highest BCUT2D eigenvalue weighted by Gasteiger charge is 2.47.